The Morgan fingerprint density at radius 2 is 1.70 bits per heavy atom. The quantitative estimate of drug-likeness (QED) is 0.379. The van der Waals surface area contributed by atoms with Crippen LogP contribution >= 0.6 is 0 Å². The first-order valence-electron chi connectivity index (χ1n) is 12.3. The van der Waals surface area contributed by atoms with Gasteiger partial charge in [0, 0.05) is 34.4 Å². The second-order valence-corrected chi connectivity index (χ2v) is 10.0. The summed E-state index contributed by atoms with van der Waals surface area (Å²) in [6.07, 6.45) is 2.32. The van der Waals surface area contributed by atoms with Crippen molar-refractivity contribution in [1.82, 2.24) is 15.2 Å². The van der Waals surface area contributed by atoms with Gasteiger partial charge in [-0.25, -0.2) is 4.39 Å². The molecule has 8 heteroatoms. The summed E-state index contributed by atoms with van der Waals surface area (Å²) in [7, 11) is 0. The maximum absolute atomic E-state index is 14.5. The number of likely N-dealkylation sites (tertiary alicyclic amines) is 1. The van der Waals surface area contributed by atoms with Gasteiger partial charge in [-0.1, -0.05) is 48.5 Å². The van der Waals surface area contributed by atoms with Crippen LogP contribution in [-0.2, 0) is 32.9 Å². The molecule has 0 radical (unpaired) electrons. The number of imide groups is 1. The van der Waals surface area contributed by atoms with Crippen LogP contribution in [0.5, 0.6) is 0 Å². The van der Waals surface area contributed by atoms with Crippen LogP contribution in [0.3, 0.4) is 0 Å². The van der Waals surface area contributed by atoms with Crippen molar-refractivity contribution in [2.75, 3.05) is 5.32 Å². The number of benzene rings is 3. The second-order valence-electron chi connectivity index (χ2n) is 10.0. The monoisotopic (exact) mass is 494 g/mol. The number of para-hydroxylation sites is 1. The zero-order chi connectivity index (χ0) is 25.3. The molecule has 4 atom stereocenters. The van der Waals surface area contributed by atoms with Gasteiger partial charge in [0.2, 0.25) is 17.7 Å². The number of rotatable bonds is 4. The lowest BCUT2D eigenvalue weighted by Crippen LogP contribution is -2.53. The predicted octanol–water partition coefficient (Wildman–Crippen LogP) is 3.47. The van der Waals surface area contributed by atoms with Crippen LogP contribution in [0.15, 0.2) is 79.0 Å². The molecule has 3 aliphatic heterocycles. The molecule has 0 aliphatic carbocycles. The van der Waals surface area contributed by atoms with Crippen LogP contribution in [0.25, 0.3) is 10.9 Å². The Hall–Kier alpha value is -4.30. The Morgan fingerprint density at radius 3 is 2.54 bits per heavy atom. The van der Waals surface area contributed by atoms with Crippen molar-refractivity contribution in [2.24, 2.45) is 11.8 Å². The highest BCUT2D eigenvalue weighted by atomic mass is 19.1. The van der Waals surface area contributed by atoms with Crippen molar-refractivity contribution in [3.05, 3.63) is 102 Å². The summed E-state index contributed by atoms with van der Waals surface area (Å²) in [4.78, 5) is 46.0. The molecule has 4 heterocycles. The zero-order valence-electron chi connectivity index (χ0n) is 19.7. The third-order valence-corrected chi connectivity index (χ3v) is 8.07. The SMILES string of the molecule is O=C1[C@@H]2[C@H](Cc3c[nH]c4ccccc34)N[C@]3(C(=O)Nc4ccc(F)cc43)[C@@H]2C(=O)N1Cc1ccccc1. The molecule has 1 aromatic heterocycles. The van der Waals surface area contributed by atoms with E-state index in [0.717, 1.165) is 22.0 Å². The maximum atomic E-state index is 14.5. The van der Waals surface area contributed by atoms with Crippen LogP contribution in [0.1, 0.15) is 16.7 Å². The second kappa shape index (κ2) is 7.85. The Morgan fingerprint density at radius 1 is 0.919 bits per heavy atom. The van der Waals surface area contributed by atoms with Crippen LogP contribution in [-0.4, -0.2) is 33.6 Å². The number of H-pyrrole nitrogens is 1. The van der Waals surface area contributed by atoms with E-state index in [2.05, 4.69) is 15.6 Å². The van der Waals surface area contributed by atoms with E-state index in [1.807, 2.05) is 60.8 Å². The van der Waals surface area contributed by atoms with Gasteiger partial charge in [0.25, 0.3) is 0 Å². The van der Waals surface area contributed by atoms with E-state index in [9.17, 15) is 18.8 Å². The van der Waals surface area contributed by atoms with Crippen LogP contribution in [0, 0.1) is 17.7 Å². The zero-order valence-corrected chi connectivity index (χ0v) is 19.7. The largest absolute Gasteiger partial charge is 0.361 e. The van der Waals surface area contributed by atoms with E-state index in [-0.39, 0.29) is 12.5 Å². The average molecular weight is 495 g/mol. The number of halogens is 1. The van der Waals surface area contributed by atoms with Gasteiger partial charge < -0.3 is 10.3 Å². The molecule has 184 valence electrons. The molecule has 7 rings (SSSR count). The molecule has 7 nitrogen and oxygen atoms in total. The first kappa shape index (κ1) is 21.9. The van der Waals surface area contributed by atoms with Gasteiger partial charge in [0.1, 0.15) is 11.4 Å². The minimum absolute atomic E-state index is 0.124. The first-order valence-corrected chi connectivity index (χ1v) is 12.3. The molecule has 4 aromatic rings. The third-order valence-electron chi connectivity index (χ3n) is 8.07. The molecule has 3 aromatic carbocycles. The van der Waals surface area contributed by atoms with E-state index in [1.54, 1.807) is 0 Å². The number of anilines is 1. The van der Waals surface area contributed by atoms with Crippen molar-refractivity contribution < 1.29 is 18.8 Å². The maximum Gasteiger partial charge on any atom is 0.250 e. The van der Waals surface area contributed by atoms with Gasteiger partial charge in [-0.2, -0.15) is 0 Å². The number of amides is 3. The highest BCUT2D eigenvalue weighted by Crippen LogP contribution is 2.53. The van der Waals surface area contributed by atoms with Crippen molar-refractivity contribution in [1.29, 1.82) is 0 Å². The highest BCUT2D eigenvalue weighted by Gasteiger charge is 2.70. The average Bonchev–Trinajstić information content (AvgIpc) is 3.61. The number of aromatic nitrogens is 1. The van der Waals surface area contributed by atoms with Gasteiger partial charge >= 0.3 is 0 Å². The number of fused-ring (bicyclic) bond motifs is 5. The Balaban J connectivity index is 1.35. The smallest absolute Gasteiger partial charge is 0.250 e. The van der Waals surface area contributed by atoms with Crippen LogP contribution in [0.4, 0.5) is 10.1 Å². The summed E-state index contributed by atoms with van der Waals surface area (Å²) in [5.41, 5.74) is 2.05. The van der Waals surface area contributed by atoms with E-state index < -0.39 is 41.0 Å². The van der Waals surface area contributed by atoms with E-state index >= 15 is 0 Å². The van der Waals surface area contributed by atoms with Crippen molar-refractivity contribution in [3.8, 4) is 0 Å². The van der Waals surface area contributed by atoms with Gasteiger partial charge in [-0.15, -0.1) is 0 Å². The molecule has 0 bridgehead atoms. The number of aromatic amines is 1. The molecule has 0 saturated carbocycles. The van der Waals surface area contributed by atoms with Gasteiger partial charge in [0.05, 0.1) is 18.4 Å². The molecule has 1 spiro atoms. The Bertz CT molecular complexity index is 1600. The van der Waals surface area contributed by atoms with Gasteiger partial charge in [-0.3, -0.25) is 24.6 Å². The van der Waals surface area contributed by atoms with E-state index in [1.165, 1.54) is 23.1 Å². The molecule has 0 unspecified atom stereocenters. The standard InChI is InChI=1S/C29H23FN4O3/c30-18-10-11-22-20(13-18)29(28(37)32-22)25-24(26(35)34(27(25)36)15-16-6-2-1-3-7-16)23(33-29)12-17-14-31-21-9-5-4-8-19(17)21/h1-11,13-14,23-25,31,33H,12,15H2,(H,32,37)/t23-,24+,25-,29-/m0/s1. The normalized spacial score (nSPS) is 26.2. The molecular formula is C29H23FN4O3. The number of hydrogen-bond acceptors (Lipinski definition) is 4. The van der Waals surface area contributed by atoms with Crippen molar-refractivity contribution in [3.63, 3.8) is 0 Å². The summed E-state index contributed by atoms with van der Waals surface area (Å²) in [6.45, 7) is 0.124. The summed E-state index contributed by atoms with van der Waals surface area (Å²) in [5.74, 6) is -3.43. The molecule has 3 N–H and O–H groups in total. The first-order chi connectivity index (χ1) is 18.0. The summed E-state index contributed by atoms with van der Waals surface area (Å²) in [6, 6.07) is 20.7. The van der Waals surface area contributed by atoms with E-state index in [0.29, 0.717) is 17.7 Å². The topological polar surface area (TPSA) is 94.3 Å². The number of nitrogens with zero attached hydrogens (tertiary/aromatic N) is 1. The summed E-state index contributed by atoms with van der Waals surface area (Å²) >= 11 is 0. The minimum Gasteiger partial charge on any atom is -0.361 e. The highest BCUT2D eigenvalue weighted by molar-refractivity contribution is 6.15. The third kappa shape index (κ3) is 3.05. The Labute approximate surface area is 211 Å². The van der Waals surface area contributed by atoms with Gasteiger partial charge in [-0.05, 0) is 41.8 Å². The van der Waals surface area contributed by atoms with Crippen LogP contribution < -0.4 is 10.6 Å². The van der Waals surface area contributed by atoms with Gasteiger partial charge in [0.15, 0.2) is 0 Å². The molecule has 2 saturated heterocycles. The summed E-state index contributed by atoms with van der Waals surface area (Å²) < 4.78 is 14.5. The minimum atomic E-state index is -1.53. The Kier molecular flexibility index (Phi) is 4.65. The van der Waals surface area contributed by atoms with E-state index in [4.69, 9.17) is 0 Å². The number of hydrogen-bond donors (Lipinski definition) is 3. The predicted molar refractivity (Wildman–Crippen MR) is 135 cm³/mol. The van der Waals surface area contributed by atoms with Crippen molar-refractivity contribution >= 4 is 34.3 Å². The fourth-order valence-electron chi connectivity index (χ4n) is 6.47. The van der Waals surface area contributed by atoms with Crippen molar-refractivity contribution in [2.45, 2.75) is 24.5 Å². The fourth-order valence-corrected chi connectivity index (χ4v) is 6.47. The number of carbonyl (C=O) groups is 3. The molecule has 37 heavy (non-hydrogen) atoms. The lowest BCUT2D eigenvalue weighted by Gasteiger charge is -2.29. The lowest BCUT2D eigenvalue weighted by molar-refractivity contribution is -0.143. The molecule has 2 fully saturated rings. The summed E-state index contributed by atoms with van der Waals surface area (Å²) in [5, 5.41) is 7.23. The van der Waals surface area contributed by atoms with Crippen LogP contribution in [0.2, 0.25) is 0 Å². The fraction of sp³-hybridized carbons (Fsp3) is 0.207. The molecule has 3 aliphatic rings. The number of nitrogens with one attached hydrogen (secondary N) is 3. The number of carbonyl (C=O) groups excluding carboxylic acids is 3. The molecular weight excluding hydrogens is 471 g/mol. The lowest BCUT2D eigenvalue weighted by atomic mass is 9.76. The molecule has 3 amide bonds.